The van der Waals surface area contributed by atoms with Crippen molar-refractivity contribution >= 4 is 5.96 Å². The van der Waals surface area contributed by atoms with E-state index in [0.717, 1.165) is 44.3 Å². The van der Waals surface area contributed by atoms with Crippen LogP contribution in [-0.4, -0.2) is 56.3 Å². The Bertz CT molecular complexity index is 608. The fourth-order valence-corrected chi connectivity index (χ4v) is 3.64. The van der Waals surface area contributed by atoms with Crippen molar-refractivity contribution in [3.63, 3.8) is 0 Å². The van der Waals surface area contributed by atoms with Gasteiger partial charge in [0, 0.05) is 45.2 Å². The summed E-state index contributed by atoms with van der Waals surface area (Å²) >= 11 is 0. The van der Waals surface area contributed by atoms with Gasteiger partial charge >= 0.3 is 0 Å². The largest absolute Gasteiger partial charge is 0.385 e. The van der Waals surface area contributed by atoms with Crippen molar-refractivity contribution in [1.29, 1.82) is 0 Å². The van der Waals surface area contributed by atoms with Crippen molar-refractivity contribution in [2.24, 2.45) is 10.4 Å². The molecule has 0 saturated heterocycles. The number of nitrogens with one attached hydrogen (secondary N) is 2. The predicted octanol–water partition coefficient (Wildman–Crippen LogP) is 2.41. The van der Waals surface area contributed by atoms with Crippen molar-refractivity contribution < 1.29 is 9.47 Å². The Morgan fingerprint density at radius 1 is 1.19 bits per heavy atom. The van der Waals surface area contributed by atoms with Gasteiger partial charge in [-0.1, -0.05) is 6.42 Å². The number of aromatic nitrogens is 2. The minimum atomic E-state index is 0.364. The second-order valence-corrected chi connectivity index (χ2v) is 7.51. The molecule has 0 radical (unpaired) electrons. The molecule has 1 saturated carbocycles. The zero-order chi connectivity index (χ0) is 19.7. The number of rotatable bonds is 11. The van der Waals surface area contributed by atoms with E-state index in [0.29, 0.717) is 18.6 Å². The van der Waals surface area contributed by atoms with Crippen molar-refractivity contribution in [2.45, 2.75) is 59.5 Å². The summed E-state index contributed by atoms with van der Waals surface area (Å²) in [6.07, 6.45) is 4.97. The molecule has 2 N–H and O–H groups in total. The number of ether oxygens (including phenoxy) is 2. The summed E-state index contributed by atoms with van der Waals surface area (Å²) < 4.78 is 12.5. The van der Waals surface area contributed by atoms with Crippen LogP contribution >= 0.6 is 0 Å². The fraction of sp³-hybridized carbons (Fsp3) is 0.800. The smallest absolute Gasteiger partial charge is 0.191 e. The number of aliphatic imine (C=N–C) groups is 1. The summed E-state index contributed by atoms with van der Waals surface area (Å²) in [7, 11) is 3.50. The molecule has 1 aromatic heterocycles. The van der Waals surface area contributed by atoms with Gasteiger partial charge in [0.25, 0.3) is 0 Å². The van der Waals surface area contributed by atoms with Gasteiger partial charge in [-0.05, 0) is 45.4 Å². The lowest BCUT2D eigenvalue weighted by Gasteiger charge is -2.42. The van der Waals surface area contributed by atoms with Crippen LogP contribution in [0.15, 0.2) is 4.99 Å². The van der Waals surface area contributed by atoms with E-state index in [9.17, 15) is 0 Å². The number of hydrogen-bond acceptors (Lipinski definition) is 4. The first-order chi connectivity index (χ1) is 13.0. The summed E-state index contributed by atoms with van der Waals surface area (Å²) in [5.74, 6) is 0.879. The van der Waals surface area contributed by atoms with Crippen LogP contribution < -0.4 is 10.6 Å². The van der Waals surface area contributed by atoms with Gasteiger partial charge in [0.2, 0.25) is 0 Å². The van der Waals surface area contributed by atoms with Crippen LogP contribution in [-0.2, 0) is 22.6 Å². The van der Waals surface area contributed by atoms with Crippen molar-refractivity contribution in [2.75, 3.05) is 40.5 Å². The van der Waals surface area contributed by atoms with E-state index in [-0.39, 0.29) is 0 Å². The van der Waals surface area contributed by atoms with Crippen LogP contribution in [0, 0.1) is 19.3 Å². The monoisotopic (exact) mass is 379 g/mol. The Labute approximate surface area is 163 Å². The minimum Gasteiger partial charge on any atom is -0.385 e. The molecule has 2 rings (SSSR count). The number of aryl methyl sites for hydroxylation is 1. The molecular weight excluding hydrogens is 342 g/mol. The third kappa shape index (κ3) is 5.94. The zero-order valence-corrected chi connectivity index (χ0v) is 17.7. The zero-order valence-electron chi connectivity index (χ0n) is 17.7. The molecular formula is C20H37N5O2. The lowest BCUT2D eigenvalue weighted by molar-refractivity contribution is 0.0732. The number of guanidine groups is 1. The Morgan fingerprint density at radius 3 is 2.52 bits per heavy atom. The molecule has 1 aromatic rings. The van der Waals surface area contributed by atoms with E-state index in [2.05, 4.69) is 36.5 Å². The highest BCUT2D eigenvalue weighted by Crippen LogP contribution is 2.43. The Morgan fingerprint density at radius 2 is 1.93 bits per heavy atom. The van der Waals surface area contributed by atoms with Crippen LogP contribution in [0.2, 0.25) is 0 Å². The Balaban J connectivity index is 2.00. The van der Waals surface area contributed by atoms with Crippen LogP contribution in [0.5, 0.6) is 0 Å². The molecule has 0 bridgehead atoms. The Hall–Kier alpha value is -1.60. The normalized spacial score (nSPS) is 16.3. The van der Waals surface area contributed by atoms with E-state index in [1.807, 2.05) is 4.68 Å². The van der Waals surface area contributed by atoms with Gasteiger partial charge in [-0.2, -0.15) is 5.10 Å². The van der Waals surface area contributed by atoms with Gasteiger partial charge < -0.3 is 20.1 Å². The molecule has 0 amide bonds. The number of methoxy groups -OCH3 is 2. The molecule has 0 spiro atoms. The standard InChI is InChI=1S/C20H37N5O2/c1-6-21-19(23-15-20(8-7-9-20)10-12-26-4)22-14-18-16(2)24-25(17(18)3)11-13-27-5/h6-15H2,1-5H3,(H2,21,22,23). The quantitative estimate of drug-likeness (QED) is 0.456. The second kappa shape index (κ2) is 10.7. The maximum atomic E-state index is 5.30. The molecule has 1 aliphatic carbocycles. The molecule has 0 unspecified atom stereocenters. The van der Waals surface area contributed by atoms with Crippen LogP contribution in [0.1, 0.15) is 49.6 Å². The second-order valence-electron chi connectivity index (χ2n) is 7.51. The highest BCUT2D eigenvalue weighted by atomic mass is 16.5. The van der Waals surface area contributed by atoms with Gasteiger partial charge in [0.05, 0.1) is 25.4 Å². The third-order valence-electron chi connectivity index (χ3n) is 5.66. The topological polar surface area (TPSA) is 72.7 Å². The van der Waals surface area contributed by atoms with Crippen molar-refractivity contribution in [3.8, 4) is 0 Å². The van der Waals surface area contributed by atoms with Gasteiger partial charge in [-0.15, -0.1) is 0 Å². The lowest BCUT2D eigenvalue weighted by atomic mass is 9.67. The highest BCUT2D eigenvalue weighted by Gasteiger charge is 2.36. The van der Waals surface area contributed by atoms with Crippen LogP contribution in [0.4, 0.5) is 0 Å². The first kappa shape index (κ1) is 21.7. The molecule has 7 heteroatoms. The average molecular weight is 380 g/mol. The molecule has 154 valence electrons. The number of nitrogens with zero attached hydrogens (tertiary/aromatic N) is 3. The van der Waals surface area contributed by atoms with E-state index < -0.39 is 0 Å². The molecule has 0 atom stereocenters. The summed E-state index contributed by atoms with van der Waals surface area (Å²) in [6, 6.07) is 0. The lowest BCUT2D eigenvalue weighted by Crippen LogP contribution is -2.47. The van der Waals surface area contributed by atoms with Gasteiger partial charge in [-0.25, -0.2) is 4.99 Å². The first-order valence-corrected chi connectivity index (χ1v) is 10.1. The van der Waals surface area contributed by atoms with E-state index in [4.69, 9.17) is 14.5 Å². The van der Waals surface area contributed by atoms with Crippen molar-refractivity contribution in [3.05, 3.63) is 17.0 Å². The fourth-order valence-electron chi connectivity index (χ4n) is 3.64. The van der Waals surface area contributed by atoms with E-state index >= 15 is 0 Å². The van der Waals surface area contributed by atoms with Gasteiger partial charge in [-0.3, -0.25) is 4.68 Å². The molecule has 1 heterocycles. The SMILES string of the molecule is CCNC(=NCc1c(C)nn(CCOC)c1C)NCC1(CCOC)CCC1. The number of hydrogen-bond donors (Lipinski definition) is 2. The predicted molar refractivity (Wildman–Crippen MR) is 109 cm³/mol. The summed E-state index contributed by atoms with van der Waals surface area (Å²) in [4.78, 5) is 4.82. The summed E-state index contributed by atoms with van der Waals surface area (Å²) in [5, 5.41) is 11.6. The summed E-state index contributed by atoms with van der Waals surface area (Å²) in [6.45, 7) is 10.9. The Kier molecular flexibility index (Phi) is 8.57. The minimum absolute atomic E-state index is 0.364. The highest BCUT2D eigenvalue weighted by molar-refractivity contribution is 5.79. The molecule has 0 aromatic carbocycles. The maximum Gasteiger partial charge on any atom is 0.191 e. The van der Waals surface area contributed by atoms with E-state index in [1.54, 1.807) is 14.2 Å². The third-order valence-corrected chi connectivity index (χ3v) is 5.66. The molecule has 1 fully saturated rings. The first-order valence-electron chi connectivity index (χ1n) is 10.1. The summed E-state index contributed by atoms with van der Waals surface area (Å²) in [5.41, 5.74) is 3.77. The van der Waals surface area contributed by atoms with Gasteiger partial charge in [0.1, 0.15) is 0 Å². The van der Waals surface area contributed by atoms with Gasteiger partial charge in [0.15, 0.2) is 5.96 Å². The average Bonchev–Trinajstić information content (AvgIpc) is 2.90. The molecule has 27 heavy (non-hydrogen) atoms. The molecule has 7 nitrogen and oxygen atoms in total. The van der Waals surface area contributed by atoms with Crippen molar-refractivity contribution in [1.82, 2.24) is 20.4 Å². The van der Waals surface area contributed by atoms with E-state index in [1.165, 1.54) is 30.5 Å². The molecule has 1 aliphatic rings. The maximum absolute atomic E-state index is 5.30. The van der Waals surface area contributed by atoms with Crippen LogP contribution in [0.3, 0.4) is 0 Å². The van der Waals surface area contributed by atoms with Crippen LogP contribution in [0.25, 0.3) is 0 Å². The molecule has 0 aliphatic heterocycles.